The fraction of sp³-hybridized carbons (Fsp3) is 0.341. The number of methoxy groups -OCH3 is 2. The first-order chi connectivity index (χ1) is 67.7. The van der Waals surface area contributed by atoms with Gasteiger partial charge >= 0.3 is 12.4 Å². The van der Waals surface area contributed by atoms with E-state index in [0.717, 1.165) is 117 Å². The lowest BCUT2D eigenvalue weighted by molar-refractivity contribution is -0.138. The van der Waals surface area contributed by atoms with Crippen molar-refractivity contribution in [3.63, 3.8) is 0 Å². The molecule has 0 spiro atoms. The minimum atomic E-state index is -4.87. The van der Waals surface area contributed by atoms with Crippen molar-refractivity contribution in [2.75, 3.05) is 89.1 Å². The fourth-order valence-corrected chi connectivity index (χ4v) is 11.6. The number of amides is 2. The quantitative estimate of drug-likeness (QED) is 0.0562. The lowest BCUT2D eigenvalue weighted by atomic mass is 9.99. The van der Waals surface area contributed by atoms with E-state index in [1.165, 1.54) is 12.1 Å². The van der Waals surface area contributed by atoms with Gasteiger partial charge in [-0.05, 0) is 133 Å². The Morgan fingerprint density at radius 3 is 1.42 bits per heavy atom. The SMILES string of the molecule is [2H]C1=C(SC([2H])([2H])c2cccc(F)c2F)N(C([2H])([2H])C(=O)N(Cc2ccc(-c3ccc(C(F)(F)F)cc3)cc2)C2([2H])C([2H])([2H])C([2H])([2H])N(CC([2H])([2H])OC([2H])([2H])[2H])C([2H])([2H])C2([2H])[2H])c2c([2H])c([2H])c(C)c([2H])c2C1O.[2H]C1=C(SCc2cccc(F)c2F)N(C([2H])([2H])C(=O)N(C([2H])([2H])c2ccc(-c3ccc(C(F)(F)F)cc3)cc2)C2([2H])C([2H])([2H])C([2H])([2H])N(CC([2H])([2H])OC([2H])([2H])[2H])C([2H])([2H])C2([2H])[2H])c2c([2H])c([2H])c(C)c([2H])c2C1O. The van der Waals surface area contributed by atoms with Crippen LogP contribution < -0.4 is 9.80 Å². The normalized spacial score (nSPS) is 28.4. The number of halogens is 10. The summed E-state index contributed by atoms with van der Waals surface area (Å²) >= 11 is -0.236. The van der Waals surface area contributed by atoms with Gasteiger partial charge < -0.3 is 49.1 Å². The third-order valence-electron chi connectivity index (χ3n) is 15.1. The molecule has 12 rings (SSSR count). The van der Waals surface area contributed by atoms with Crippen LogP contribution in [0, 0.1) is 37.1 Å². The van der Waals surface area contributed by atoms with Crippen LogP contribution in [0.1, 0.15) is 154 Å². The van der Waals surface area contributed by atoms with Crippen molar-refractivity contribution in [3.05, 3.63) is 271 Å². The maximum atomic E-state index is 15.8. The number of hydrogen-bond acceptors (Lipinski definition) is 12. The zero-order valence-corrected chi connectivity index (χ0v) is 56.1. The number of thioether (sulfide) groups is 2. The number of nitrogens with zero attached hydrogens (tertiary/aromatic N) is 6. The lowest BCUT2D eigenvalue weighted by Crippen LogP contribution is -2.50. The molecule has 560 valence electrons. The maximum Gasteiger partial charge on any atom is 0.416 e. The molecule has 0 aromatic heterocycles. The molecule has 0 saturated carbocycles. The highest BCUT2D eigenvalue weighted by atomic mass is 32.2. The number of hydrogen-bond donors (Lipinski definition) is 2. The number of anilines is 2. The summed E-state index contributed by atoms with van der Waals surface area (Å²) in [5, 5.41) is 20.8. The standard InChI is InChI=1S/2C41H42F5N3O3S/c2*1-27-6-15-36-34(22-27)37(50)23-39(53-26-31-4-3-5-35(42)40(31)43)49(36)25-38(51)48(33-16-18-47(19-17-33)20-21-52-2)24-28-7-9-29(10-8-28)30-11-13-32(14-12-30)41(44,45)46/h2*3-15,22-23,33,37,50H,16-21,24-26H2,1-2H3/i2D3,6D,15D,16D2,17D2,18D2,19D2,21D2,22D,23D,25D2,26D2,33D;2D3,6D,15D,16D2,17D2,18D2,19D2,21D2,22D,23D,24D2,25D2,33D. The summed E-state index contributed by atoms with van der Waals surface area (Å²) in [5.74, 6) is -12.2. The molecule has 0 aliphatic carbocycles. The number of aliphatic hydroxyl groups excluding tert-OH is 2. The number of aliphatic hydroxyl groups is 2. The topological polar surface area (TPSA) is 113 Å². The molecular weight excluding hydrogens is 1420 g/mol. The lowest BCUT2D eigenvalue weighted by Gasteiger charge is -2.40. The highest BCUT2D eigenvalue weighted by Gasteiger charge is 2.37. The Balaban J connectivity index is 0.000000284. The third kappa shape index (κ3) is 19.8. The molecule has 2 saturated heterocycles. The van der Waals surface area contributed by atoms with Gasteiger partial charge in [0.1, 0.15) is 25.2 Å². The average Bonchev–Trinajstić information content (AvgIpc) is 0.665. The highest BCUT2D eigenvalue weighted by molar-refractivity contribution is 8.02. The molecule has 2 atom stereocenters. The number of fused-ring (bicyclic) bond motifs is 2. The van der Waals surface area contributed by atoms with Crippen LogP contribution >= 0.6 is 23.5 Å². The highest BCUT2D eigenvalue weighted by Crippen LogP contribution is 2.44. The van der Waals surface area contributed by atoms with Crippen LogP contribution in [-0.2, 0) is 55.9 Å². The number of carbonyl (C=O) groups excluding carboxylic acids is 2. The second-order valence-electron chi connectivity index (χ2n) is 22.3. The first kappa shape index (κ1) is 39.6. The summed E-state index contributed by atoms with van der Waals surface area (Å²) in [4.78, 5) is 29.2. The summed E-state index contributed by atoms with van der Waals surface area (Å²) in [6.07, 6.45) is -32.6. The second kappa shape index (κ2) is 35.5. The van der Waals surface area contributed by atoms with Gasteiger partial charge in [-0.3, -0.25) is 9.59 Å². The molecule has 24 heteroatoms. The number of rotatable bonds is 24. The zero-order valence-electron chi connectivity index (χ0n) is 98.5. The third-order valence-corrected chi connectivity index (χ3v) is 17.0. The summed E-state index contributed by atoms with van der Waals surface area (Å²) in [6.45, 7) is -40.8. The molecule has 8 aromatic carbocycles. The molecule has 0 bridgehead atoms. The van der Waals surface area contributed by atoms with Gasteiger partial charge in [0.15, 0.2) is 23.3 Å². The molecule has 8 aromatic rings. The molecule has 2 N–H and O–H groups in total. The minimum Gasteiger partial charge on any atom is -0.384 e. The van der Waals surface area contributed by atoms with E-state index in [9.17, 15) is 67.3 Å². The van der Waals surface area contributed by atoms with Crippen LogP contribution in [0.4, 0.5) is 55.3 Å². The first-order valence-corrected chi connectivity index (χ1v) is 32.5. The maximum absolute atomic E-state index is 15.8. The smallest absolute Gasteiger partial charge is 0.384 e. The Labute approximate surface area is 681 Å². The average molecular weight is 1550 g/mol. The predicted molar refractivity (Wildman–Crippen MR) is 396 cm³/mol. The number of carbonyl (C=O) groups is 2. The number of piperidine rings is 2. The van der Waals surface area contributed by atoms with Gasteiger partial charge in [-0.2, -0.15) is 26.3 Å². The van der Waals surface area contributed by atoms with Gasteiger partial charge in [0.05, 0.1) is 69.9 Å². The molecule has 106 heavy (non-hydrogen) atoms. The summed E-state index contributed by atoms with van der Waals surface area (Å²) < 4.78 is 537. The van der Waals surface area contributed by atoms with Crippen molar-refractivity contribution < 1.29 is 133 Å². The van der Waals surface area contributed by atoms with Crippen LogP contribution in [-0.4, -0.2) is 133 Å². The van der Waals surface area contributed by atoms with Gasteiger partial charge in [0.25, 0.3) is 0 Å². The van der Waals surface area contributed by atoms with Crippen molar-refractivity contribution in [1.29, 1.82) is 0 Å². The van der Waals surface area contributed by atoms with Gasteiger partial charge in [-0.1, -0.05) is 132 Å². The van der Waals surface area contributed by atoms with E-state index < -0.39 is 336 Å². The van der Waals surface area contributed by atoms with Crippen molar-refractivity contribution in [3.8, 4) is 22.3 Å². The van der Waals surface area contributed by atoms with Crippen molar-refractivity contribution in [2.24, 2.45) is 0 Å². The van der Waals surface area contributed by atoms with Crippen LogP contribution in [0.15, 0.2) is 192 Å². The zero-order chi connectivity index (χ0) is 114. The molecule has 2 fully saturated rings. The van der Waals surface area contributed by atoms with Gasteiger partial charge in [-0.15, -0.1) is 23.5 Å². The van der Waals surface area contributed by atoms with E-state index in [-0.39, 0.29) is 65.4 Å². The van der Waals surface area contributed by atoms with E-state index in [1.807, 2.05) is 0 Å². The van der Waals surface area contributed by atoms with E-state index in [2.05, 4.69) is 9.47 Å². The molecule has 4 aliphatic rings. The Bertz CT molecular complexity index is 6580. The summed E-state index contributed by atoms with van der Waals surface area (Å²) in [5.41, 5.74) is -12.8. The molecule has 2 unspecified atom stereocenters. The fourth-order valence-electron chi connectivity index (χ4n) is 9.89. The molecule has 4 heterocycles. The molecular formula is C82H84F10N6O6S2. The van der Waals surface area contributed by atoms with Gasteiger partial charge in [-0.25, -0.2) is 17.6 Å². The second-order valence-corrected chi connectivity index (χ2v) is 24.1. The Hall–Kier alpha value is -8.46. The number of benzene rings is 8. The van der Waals surface area contributed by atoms with Crippen LogP contribution in [0.5, 0.6) is 0 Å². The predicted octanol–water partition coefficient (Wildman–Crippen LogP) is 17.5. The van der Waals surface area contributed by atoms with Crippen LogP contribution in [0.2, 0.25) is 0 Å². The van der Waals surface area contributed by atoms with E-state index in [1.54, 1.807) is 0 Å². The largest absolute Gasteiger partial charge is 0.416 e. The number of ether oxygens (including phenoxy) is 2. The monoisotopic (exact) mass is 1550 g/mol. The van der Waals surface area contributed by atoms with Crippen molar-refractivity contribution in [1.82, 2.24) is 19.6 Å². The van der Waals surface area contributed by atoms with Gasteiger partial charge in [0, 0.05) is 148 Å². The number of alkyl halides is 6. The van der Waals surface area contributed by atoms with Gasteiger partial charge in [0.2, 0.25) is 11.8 Å². The van der Waals surface area contributed by atoms with E-state index in [0.29, 0.717) is 18.2 Å². The van der Waals surface area contributed by atoms with Crippen LogP contribution in [0.3, 0.4) is 0 Å². The van der Waals surface area contributed by atoms with Crippen LogP contribution in [0.25, 0.3) is 22.3 Å². The minimum absolute atomic E-state index is 0.00381. The Morgan fingerprint density at radius 2 is 0.972 bits per heavy atom. The molecule has 12 nitrogen and oxygen atoms in total. The Morgan fingerprint density at radius 1 is 0.566 bits per heavy atom. The summed E-state index contributed by atoms with van der Waals surface area (Å²) in [7, 11) is -7.27. The van der Waals surface area contributed by atoms with E-state index in [4.69, 9.17) is 38.4 Å². The first-order valence-electron chi connectivity index (χ1n) is 52.7. The molecule has 4 aliphatic heterocycles. The van der Waals surface area contributed by atoms with Crippen molar-refractivity contribution >= 4 is 46.7 Å². The number of likely N-dealkylation sites (tertiary alicyclic amines) is 2. The molecule has 0 radical (unpaired) electrons. The molecule has 2 amide bonds. The van der Waals surface area contributed by atoms with E-state index >= 15 is 18.4 Å². The Kier molecular flexibility index (Phi) is 13.3. The van der Waals surface area contributed by atoms with Crippen molar-refractivity contribution in [2.45, 2.75) is 100 Å². The summed E-state index contributed by atoms with van der Waals surface area (Å²) in [6, 6.07) is 2.40.